The SMILES string of the molecule is Cc1c(Br)cccc1NC(=O)c1ccnc(N)c1F. The summed E-state index contributed by atoms with van der Waals surface area (Å²) in [5.41, 5.74) is 6.66. The van der Waals surface area contributed by atoms with Gasteiger partial charge in [0.15, 0.2) is 11.6 Å². The number of pyridine rings is 1. The Labute approximate surface area is 118 Å². The van der Waals surface area contributed by atoms with E-state index in [1.165, 1.54) is 12.3 Å². The van der Waals surface area contributed by atoms with Gasteiger partial charge in [-0.25, -0.2) is 9.37 Å². The second kappa shape index (κ2) is 5.36. The average Bonchev–Trinajstić information content (AvgIpc) is 2.38. The van der Waals surface area contributed by atoms with Gasteiger partial charge in [-0.15, -0.1) is 0 Å². The summed E-state index contributed by atoms with van der Waals surface area (Å²) in [7, 11) is 0. The number of amides is 1. The van der Waals surface area contributed by atoms with Crippen molar-refractivity contribution in [1.82, 2.24) is 4.98 Å². The van der Waals surface area contributed by atoms with Crippen LogP contribution in [0, 0.1) is 12.7 Å². The van der Waals surface area contributed by atoms with Crippen LogP contribution < -0.4 is 11.1 Å². The van der Waals surface area contributed by atoms with Crippen molar-refractivity contribution in [1.29, 1.82) is 0 Å². The Balaban J connectivity index is 2.31. The molecule has 6 heteroatoms. The molecule has 0 radical (unpaired) electrons. The van der Waals surface area contributed by atoms with Gasteiger partial charge in [-0.2, -0.15) is 0 Å². The number of carbonyl (C=O) groups excluding carboxylic acids is 1. The molecule has 19 heavy (non-hydrogen) atoms. The molecule has 2 aromatic rings. The molecule has 1 heterocycles. The van der Waals surface area contributed by atoms with Gasteiger partial charge in [0.2, 0.25) is 0 Å². The molecular weight excluding hydrogens is 313 g/mol. The van der Waals surface area contributed by atoms with Gasteiger partial charge in [0.25, 0.3) is 5.91 Å². The maximum atomic E-state index is 13.7. The van der Waals surface area contributed by atoms with Crippen molar-refractivity contribution in [3.63, 3.8) is 0 Å². The molecule has 98 valence electrons. The van der Waals surface area contributed by atoms with E-state index >= 15 is 0 Å². The number of nitrogens with one attached hydrogen (secondary N) is 1. The van der Waals surface area contributed by atoms with Crippen LogP contribution in [-0.2, 0) is 0 Å². The fourth-order valence-electron chi connectivity index (χ4n) is 1.57. The molecule has 0 aliphatic rings. The number of nitrogens with zero attached hydrogens (tertiary/aromatic N) is 1. The quantitative estimate of drug-likeness (QED) is 0.892. The normalized spacial score (nSPS) is 10.3. The standard InChI is InChI=1S/C13H11BrFN3O/c1-7-9(14)3-2-4-10(7)18-13(19)8-5-6-17-12(16)11(8)15/h2-6H,1H3,(H2,16,17)(H,18,19). The molecule has 0 saturated heterocycles. The van der Waals surface area contributed by atoms with E-state index in [0.717, 1.165) is 10.0 Å². The number of anilines is 2. The Bertz CT molecular complexity index is 646. The van der Waals surface area contributed by atoms with E-state index in [1.807, 2.05) is 13.0 Å². The van der Waals surface area contributed by atoms with E-state index < -0.39 is 11.7 Å². The van der Waals surface area contributed by atoms with Gasteiger partial charge < -0.3 is 11.1 Å². The molecule has 0 bridgehead atoms. The minimum Gasteiger partial charge on any atom is -0.381 e. The molecule has 0 saturated carbocycles. The summed E-state index contributed by atoms with van der Waals surface area (Å²) < 4.78 is 14.5. The number of benzene rings is 1. The van der Waals surface area contributed by atoms with Crippen LogP contribution in [0.2, 0.25) is 0 Å². The zero-order valence-corrected chi connectivity index (χ0v) is 11.7. The topological polar surface area (TPSA) is 68.0 Å². The van der Waals surface area contributed by atoms with Crippen LogP contribution in [0.3, 0.4) is 0 Å². The minimum atomic E-state index is -0.812. The van der Waals surface area contributed by atoms with Crippen LogP contribution in [0.5, 0.6) is 0 Å². The van der Waals surface area contributed by atoms with Crippen molar-refractivity contribution in [3.8, 4) is 0 Å². The lowest BCUT2D eigenvalue weighted by molar-refractivity contribution is 0.102. The van der Waals surface area contributed by atoms with Crippen molar-refractivity contribution in [3.05, 3.63) is 51.9 Å². The Kier molecular flexibility index (Phi) is 3.80. The number of rotatable bonds is 2. The zero-order chi connectivity index (χ0) is 14.0. The predicted molar refractivity (Wildman–Crippen MR) is 75.4 cm³/mol. The second-order valence-corrected chi connectivity index (χ2v) is 4.78. The third-order valence-corrected chi connectivity index (χ3v) is 3.54. The van der Waals surface area contributed by atoms with Crippen LogP contribution in [0.4, 0.5) is 15.9 Å². The maximum Gasteiger partial charge on any atom is 0.258 e. The highest BCUT2D eigenvalue weighted by Crippen LogP contribution is 2.24. The Morgan fingerprint density at radius 2 is 2.16 bits per heavy atom. The van der Waals surface area contributed by atoms with Crippen molar-refractivity contribution in [2.75, 3.05) is 11.1 Å². The molecule has 2 rings (SSSR count). The number of aromatic nitrogens is 1. The predicted octanol–water partition coefficient (Wildman–Crippen LogP) is 3.13. The number of hydrogen-bond acceptors (Lipinski definition) is 3. The first-order chi connectivity index (χ1) is 9.00. The van der Waals surface area contributed by atoms with E-state index in [0.29, 0.717) is 5.69 Å². The van der Waals surface area contributed by atoms with Gasteiger partial charge in [-0.1, -0.05) is 22.0 Å². The van der Waals surface area contributed by atoms with Gasteiger partial charge in [0.05, 0.1) is 5.56 Å². The van der Waals surface area contributed by atoms with Crippen molar-refractivity contribution in [2.24, 2.45) is 0 Å². The fraction of sp³-hybridized carbons (Fsp3) is 0.0769. The van der Waals surface area contributed by atoms with Gasteiger partial charge in [0, 0.05) is 16.4 Å². The summed E-state index contributed by atoms with van der Waals surface area (Å²) >= 11 is 3.36. The zero-order valence-electron chi connectivity index (χ0n) is 10.1. The molecule has 0 aliphatic carbocycles. The van der Waals surface area contributed by atoms with Gasteiger partial charge in [-0.05, 0) is 30.7 Å². The van der Waals surface area contributed by atoms with E-state index in [1.54, 1.807) is 12.1 Å². The molecule has 0 atom stereocenters. The van der Waals surface area contributed by atoms with E-state index in [-0.39, 0.29) is 11.4 Å². The van der Waals surface area contributed by atoms with Crippen LogP contribution in [0.25, 0.3) is 0 Å². The largest absolute Gasteiger partial charge is 0.381 e. The number of hydrogen-bond donors (Lipinski definition) is 2. The summed E-state index contributed by atoms with van der Waals surface area (Å²) in [5.74, 6) is -1.67. The minimum absolute atomic E-state index is 0.133. The number of nitrogen functional groups attached to an aromatic ring is 1. The number of nitrogens with two attached hydrogens (primary N) is 1. The molecule has 0 spiro atoms. The van der Waals surface area contributed by atoms with E-state index in [4.69, 9.17) is 5.73 Å². The molecule has 1 amide bonds. The van der Waals surface area contributed by atoms with Gasteiger partial charge in [-0.3, -0.25) is 4.79 Å². The first-order valence-electron chi connectivity index (χ1n) is 5.47. The van der Waals surface area contributed by atoms with Gasteiger partial charge >= 0.3 is 0 Å². The summed E-state index contributed by atoms with van der Waals surface area (Å²) in [6.07, 6.45) is 1.29. The molecule has 3 N–H and O–H groups in total. The van der Waals surface area contributed by atoms with Gasteiger partial charge in [0.1, 0.15) is 0 Å². The monoisotopic (exact) mass is 323 g/mol. The first-order valence-corrected chi connectivity index (χ1v) is 6.26. The summed E-state index contributed by atoms with van der Waals surface area (Å²) in [4.78, 5) is 15.6. The number of carbonyl (C=O) groups is 1. The molecule has 0 fully saturated rings. The fourth-order valence-corrected chi connectivity index (χ4v) is 1.93. The van der Waals surface area contributed by atoms with Crippen molar-refractivity contribution in [2.45, 2.75) is 6.92 Å². The summed E-state index contributed by atoms with van der Waals surface area (Å²) in [5, 5.41) is 2.64. The van der Waals surface area contributed by atoms with Crippen molar-refractivity contribution < 1.29 is 9.18 Å². The van der Waals surface area contributed by atoms with Crippen LogP contribution in [-0.4, -0.2) is 10.9 Å². The third kappa shape index (κ3) is 2.73. The Morgan fingerprint density at radius 3 is 2.89 bits per heavy atom. The lowest BCUT2D eigenvalue weighted by atomic mass is 10.2. The first kappa shape index (κ1) is 13.5. The second-order valence-electron chi connectivity index (χ2n) is 3.92. The average molecular weight is 324 g/mol. The summed E-state index contributed by atoms with van der Waals surface area (Å²) in [6.45, 7) is 1.84. The maximum absolute atomic E-state index is 13.7. The third-order valence-electron chi connectivity index (χ3n) is 2.68. The van der Waals surface area contributed by atoms with Crippen molar-refractivity contribution >= 4 is 33.3 Å². The van der Waals surface area contributed by atoms with Crippen LogP contribution in [0.15, 0.2) is 34.9 Å². The van der Waals surface area contributed by atoms with Crippen LogP contribution >= 0.6 is 15.9 Å². The molecule has 1 aromatic carbocycles. The highest BCUT2D eigenvalue weighted by Gasteiger charge is 2.15. The molecule has 0 unspecified atom stereocenters. The number of halogens is 2. The Morgan fingerprint density at radius 1 is 1.42 bits per heavy atom. The smallest absolute Gasteiger partial charge is 0.258 e. The van der Waals surface area contributed by atoms with E-state index in [9.17, 15) is 9.18 Å². The molecular formula is C13H11BrFN3O. The van der Waals surface area contributed by atoms with E-state index in [2.05, 4.69) is 26.2 Å². The molecule has 1 aromatic heterocycles. The Hall–Kier alpha value is -1.95. The highest BCUT2D eigenvalue weighted by atomic mass is 79.9. The molecule has 4 nitrogen and oxygen atoms in total. The van der Waals surface area contributed by atoms with Crippen LogP contribution in [0.1, 0.15) is 15.9 Å². The lowest BCUT2D eigenvalue weighted by Gasteiger charge is -2.10. The highest BCUT2D eigenvalue weighted by molar-refractivity contribution is 9.10. The molecule has 0 aliphatic heterocycles. The summed E-state index contributed by atoms with van der Waals surface area (Å²) in [6, 6.07) is 6.66. The lowest BCUT2D eigenvalue weighted by Crippen LogP contribution is -2.16.